The molecule has 0 saturated carbocycles. The van der Waals surface area contributed by atoms with E-state index in [0.717, 1.165) is 66.4 Å². The Kier molecular flexibility index (Phi) is 8.34. The van der Waals surface area contributed by atoms with Crippen molar-refractivity contribution in [2.75, 3.05) is 76.4 Å². The van der Waals surface area contributed by atoms with Gasteiger partial charge in [-0.3, -0.25) is 4.79 Å². The molecule has 2 aromatic carbocycles. The molecule has 6 rings (SSSR count). The third-order valence-electron chi connectivity index (χ3n) is 8.89. The van der Waals surface area contributed by atoms with Crippen LogP contribution in [0.15, 0.2) is 49.1 Å². The topological polar surface area (TPSA) is 78.6 Å². The van der Waals surface area contributed by atoms with Crippen LogP contribution in [0.5, 0.6) is 11.8 Å². The number of hydrogen-bond acceptors (Lipinski definition) is 8. The fourth-order valence-corrected chi connectivity index (χ4v) is 6.63. The van der Waals surface area contributed by atoms with Gasteiger partial charge >= 0.3 is 6.01 Å². The van der Waals surface area contributed by atoms with Gasteiger partial charge in [-0.15, -0.1) is 0 Å². The second kappa shape index (κ2) is 12.5. The molecule has 0 aliphatic carbocycles. The molecule has 2 fully saturated rings. The van der Waals surface area contributed by atoms with E-state index in [4.69, 9.17) is 26.0 Å². The monoisotopic (exact) mass is 581 g/mol. The molecule has 1 amide bonds. The highest BCUT2D eigenvalue weighted by Crippen LogP contribution is 2.37. The summed E-state index contributed by atoms with van der Waals surface area (Å²) in [5, 5.41) is 2.31. The van der Waals surface area contributed by atoms with E-state index >= 15 is 0 Å². The normalized spacial score (nSPS) is 20.5. The van der Waals surface area contributed by atoms with Crippen LogP contribution in [0.3, 0.4) is 0 Å². The molecule has 0 bridgehead atoms. The first-order valence-corrected chi connectivity index (χ1v) is 15.0. The minimum Gasteiger partial charge on any atom is -0.497 e. The molecule has 3 aromatic rings. The molecular weight excluding hydrogens is 542 g/mol. The van der Waals surface area contributed by atoms with E-state index in [0.29, 0.717) is 44.7 Å². The fourth-order valence-electron chi connectivity index (χ4n) is 6.63. The zero-order chi connectivity index (χ0) is 29.9. The summed E-state index contributed by atoms with van der Waals surface area (Å²) < 4.78 is 11.9. The number of nitrogens with zero attached hydrogens (tertiary/aromatic N) is 7. The smallest absolute Gasteiger partial charge is 0.318 e. The molecule has 224 valence electrons. The summed E-state index contributed by atoms with van der Waals surface area (Å²) in [6, 6.07) is 12.7. The Hall–Kier alpha value is -4.36. The molecule has 4 heterocycles. The van der Waals surface area contributed by atoms with Crippen LogP contribution in [0.25, 0.3) is 15.6 Å². The van der Waals surface area contributed by atoms with Crippen molar-refractivity contribution in [1.29, 1.82) is 0 Å². The third kappa shape index (κ3) is 5.95. The van der Waals surface area contributed by atoms with Gasteiger partial charge in [-0.05, 0) is 44.0 Å². The summed E-state index contributed by atoms with van der Waals surface area (Å²) in [6.07, 6.45) is 3.20. The highest BCUT2D eigenvalue weighted by molar-refractivity contribution is 5.96. The molecule has 0 spiro atoms. The van der Waals surface area contributed by atoms with Crippen LogP contribution >= 0.6 is 0 Å². The molecular formula is C33H39N7O3. The molecule has 0 unspecified atom stereocenters. The van der Waals surface area contributed by atoms with Crippen LogP contribution in [0.4, 0.5) is 11.5 Å². The van der Waals surface area contributed by atoms with Gasteiger partial charge in [-0.1, -0.05) is 30.8 Å². The molecule has 0 N–H and O–H groups in total. The number of aromatic nitrogens is 2. The number of carbonyl (C=O) groups is 1. The average molecular weight is 582 g/mol. The standard InChI is InChI=1S/C33H39N7O3/c1-5-31(41)40-15-14-39(20-25(40)18-34-2)32-28-11-13-38(30-17-26(42-4)16-24-8-6-7-9-27(24)30)21-29(28)35-33(36-32)43-22-23-10-12-37(3)19-23/h5-9,16-17,23,25H,1,10-15,18-22H2,3-4H3/t23-,25+/m1/s1. The van der Waals surface area contributed by atoms with E-state index in [1.54, 1.807) is 12.0 Å². The summed E-state index contributed by atoms with van der Waals surface area (Å²) in [7, 11) is 3.84. The molecule has 2 atom stereocenters. The predicted molar refractivity (Wildman–Crippen MR) is 168 cm³/mol. The highest BCUT2D eigenvalue weighted by Gasteiger charge is 2.35. The van der Waals surface area contributed by atoms with Crippen molar-refractivity contribution < 1.29 is 14.3 Å². The van der Waals surface area contributed by atoms with Gasteiger partial charge in [0.1, 0.15) is 17.6 Å². The Morgan fingerprint density at radius 2 is 2.00 bits per heavy atom. The first kappa shape index (κ1) is 28.7. The van der Waals surface area contributed by atoms with Crippen molar-refractivity contribution in [1.82, 2.24) is 19.8 Å². The lowest BCUT2D eigenvalue weighted by molar-refractivity contribution is -0.128. The van der Waals surface area contributed by atoms with Gasteiger partial charge in [-0.2, -0.15) is 9.97 Å². The van der Waals surface area contributed by atoms with Gasteiger partial charge in [0.25, 0.3) is 0 Å². The minimum atomic E-state index is -0.232. The molecule has 10 nitrogen and oxygen atoms in total. The second-order valence-corrected chi connectivity index (χ2v) is 11.7. The van der Waals surface area contributed by atoms with E-state index in [-0.39, 0.29) is 18.5 Å². The minimum absolute atomic E-state index is 0.135. The van der Waals surface area contributed by atoms with Crippen LogP contribution in [-0.4, -0.2) is 98.3 Å². The third-order valence-corrected chi connectivity index (χ3v) is 8.89. The van der Waals surface area contributed by atoms with Gasteiger partial charge in [0.2, 0.25) is 12.5 Å². The summed E-state index contributed by atoms with van der Waals surface area (Å²) >= 11 is 0. The second-order valence-electron chi connectivity index (χ2n) is 11.7. The van der Waals surface area contributed by atoms with Crippen molar-refractivity contribution in [3.8, 4) is 11.8 Å². The van der Waals surface area contributed by atoms with E-state index in [1.807, 2.05) is 6.07 Å². The SMILES string of the molecule is [C-]#[N+]C[C@H]1CN(c2nc(OC[C@@H]3CCN(C)C3)nc3c2CCN(c2cc(OC)cc4ccccc24)C3)CCN1C(=O)C=C. The van der Waals surface area contributed by atoms with Gasteiger partial charge in [0.15, 0.2) is 0 Å². The number of ether oxygens (including phenoxy) is 2. The number of likely N-dealkylation sites (tertiary alicyclic amines) is 1. The Labute approximate surface area is 253 Å². The number of amides is 1. The van der Waals surface area contributed by atoms with E-state index in [1.165, 1.54) is 11.5 Å². The van der Waals surface area contributed by atoms with E-state index in [2.05, 4.69) is 63.5 Å². The maximum atomic E-state index is 12.5. The van der Waals surface area contributed by atoms with Crippen LogP contribution in [0.1, 0.15) is 17.7 Å². The Bertz CT molecular complexity index is 1550. The van der Waals surface area contributed by atoms with Crippen molar-refractivity contribution in [3.05, 3.63) is 71.7 Å². The number of rotatable bonds is 8. The van der Waals surface area contributed by atoms with E-state index < -0.39 is 0 Å². The summed E-state index contributed by atoms with van der Waals surface area (Å²) in [5.74, 6) is 2.00. The fraction of sp³-hybridized carbons (Fsp3) is 0.455. The number of methoxy groups -OCH3 is 1. The Balaban J connectivity index is 1.34. The highest BCUT2D eigenvalue weighted by atomic mass is 16.5. The van der Waals surface area contributed by atoms with Crippen LogP contribution < -0.4 is 19.3 Å². The maximum Gasteiger partial charge on any atom is 0.318 e. The zero-order valence-corrected chi connectivity index (χ0v) is 25.0. The first-order chi connectivity index (χ1) is 21.0. The van der Waals surface area contributed by atoms with Crippen molar-refractivity contribution in [3.63, 3.8) is 0 Å². The molecule has 1 aromatic heterocycles. The number of carbonyl (C=O) groups excluding carboxylic acids is 1. The lowest BCUT2D eigenvalue weighted by atomic mass is 10.0. The van der Waals surface area contributed by atoms with Crippen molar-refractivity contribution >= 4 is 28.2 Å². The quantitative estimate of drug-likeness (QED) is 0.295. The number of fused-ring (bicyclic) bond motifs is 2. The lowest BCUT2D eigenvalue weighted by Crippen LogP contribution is -2.56. The van der Waals surface area contributed by atoms with Gasteiger partial charge < -0.3 is 33.9 Å². The molecule has 0 radical (unpaired) electrons. The first-order valence-electron chi connectivity index (χ1n) is 15.0. The maximum absolute atomic E-state index is 12.5. The number of hydrogen-bond donors (Lipinski definition) is 0. The lowest BCUT2D eigenvalue weighted by Gasteiger charge is -2.41. The average Bonchev–Trinajstić information content (AvgIpc) is 3.47. The zero-order valence-electron chi connectivity index (χ0n) is 25.0. The van der Waals surface area contributed by atoms with Crippen molar-refractivity contribution in [2.45, 2.75) is 25.4 Å². The molecule has 10 heteroatoms. The predicted octanol–water partition coefficient (Wildman–Crippen LogP) is 3.65. The summed E-state index contributed by atoms with van der Waals surface area (Å²) in [4.78, 5) is 34.8. The number of piperazine rings is 1. The Morgan fingerprint density at radius 1 is 1.14 bits per heavy atom. The van der Waals surface area contributed by atoms with Crippen LogP contribution in [0.2, 0.25) is 0 Å². The molecule has 3 aliphatic rings. The Morgan fingerprint density at radius 3 is 2.77 bits per heavy atom. The summed E-state index contributed by atoms with van der Waals surface area (Å²) in [6.45, 7) is 17.1. The van der Waals surface area contributed by atoms with Crippen LogP contribution in [0, 0.1) is 12.5 Å². The number of benzene rings is 2. The molecule has 2 saturated heterocycles. The van der Waals surface area contributed by atoms with Gasteiger partial charge in [0.05, 0.1) is 26.0 Å². The van der Waals surface area contributed by atoms with Gasteiger partial charge in [-0.25, -0.2) is 6.57 Å². The summed E-state index contributed by atoms with van der Waals surface area (Å²) in [5.41, 5.74) is 3.18. The van der Waals surface area contributed by atoms with Crippen molar-refractivity contribution in [2.24, 2.45) is 5.92 Å². The molecule has 43 heavy (non-hydrogen) atoms. The van der Waals surface area contributed by atoms with E-state index in [9.17, 15) is 4.79 Å². The van der Waals surface area contributed by atoms with Gasteiger partial charge in [0, 0.05) is 61.3 Å². The number of anilines is 2. The molecule has 3 aliphatic heterocycles. The largest absolute Gasteiger partial charge is 0.497 e. The van der Waals surface area contributed by atoms with Crippen LogP contribution in [-0.2, 0) is 17.8 Å².